The fourth-order valence-electron chi connectivity index (χ4n) is 3.24. The van der Waals surface area contributed by atoms with Crippen LogP contribution >= 0.6 is 0 Å². The van der Waals surface area contributed by atoms with E-state index in [0.29, 0.717) is 28.9 Å². The minimum Gasteiger partial charge on any atom is -0.340 e. The van der Waals surface area contributed by atoms with Gasteiger partial charge >= 0.3 is 0 Å². The lowest BCUT2D eigenvalue weighted by Crippen LogP contribution is -2.40. The first-order valence-electron chi connectivity index (χ1n) is 8.36. The Hall–Kier alpha value is -2.01. The molecule has 1 aliphatic carbocycles. The van der Waals surface area contributed by atoms with E-state index in [1.54, 1.807) is 24.3 Å². The van der Waals surface area contributed by atoms with Crippen LogP contribution in [0.25, 0.3) is 0 Å². The van der Waals surface area contributed by atoms with Gasteiger partial charge in [-0.1, -0.05) is 61.7 Å². The number of ketones is 1. The van der Waals surface area contributed by atoms with Gasteiger partial charge in [0.25, 0.3) is 5.79 Å². The van der Waals surface area contributed by atoms with E-state index in [9.17, 15) is 10.1 Å². The fourth-order valence-corrected chi connectivity index (χ4v) is 3.24. The Bertz CT molecular complexity index is 753. The van der Waals surface area contributed by atoms with Crippen LogP contribution in [0.2, 0.25) is 0 Å². The van der Waals surface area contributed by atoms with Crippen LogP contribution in [-0.4, -0.2) is 17.6 Å². The number of carbonyl (C=O) groups excluding carboxylic acids is 1. The van der Waals surface area contributed by atoms with Crippen LogP contribution in [-0.2, 0) is 15.4 Å². The molecule has 24 heavy (non-hydrogen) atoms. The molecule has 0 spiro atoms. The molecule has 0 amide bonds. The second-order valence-corrected chi connectivity index (χ2v) is 6.19. The van der Waals surface area contributed by atoms with Crippen molar-refractivity contribution < 1.29 is 19.7 Å². The summed E-state index contributed by atoms with van der Waals surface area (Å²) < 4.78 is 6.04. The maximum absolute atomic E-state index is 12.8. The van der Waals surface area contributed by atoms with Gasteiger partial charge in [-0.2, -0.15) is 4.89 Å². The zero-order chi connectivity index (χ0) is 17.2. The Morgan fingerprint density at radius 1 is 1.04 bits per heavy atom. The van der Waals surface area contributed by atoms with Gasteiger partial charge in [-0.15, -0.1) is 0 Å². The van der Waals surface area contributed by atoms with E-state index >= 15 is 0 Å². The molecule has 126 valence electrons. The molecule has 4 nitrogen and oxygen atoms in total. The van der Waals surface area contributed by atoms with Crippen molar-refractivity contribution in [1.82, 2.24) is 0 Å². The van der Waals surface area contributed by atoms with Gasteiger partial charge in [0, 0.05) is 22.3 Å². The second kappa shape index (κ2) is 6.85. The summed E-state index contributed by atoms with van der Waals surface area (Å²) in [5, 5.41) is 9.81. The first kappa shape index (κ1) is 16.8. The Balaban J connectivity index is 2.13. The van der Waals surface area contributed by atoms with Crippen LogP contribution in [0.5, 0.6) is 0 Å². The highest BCUT2D eigenvalue weighted by atomic mass is 17.1. The predicted molar refractivity (Wildman–Crippen MR) is 91.0 cm³/mol. The first-order valence-corrected chi connectivity index (χ1v) is 8.36. The highest BCUT2D eigenvalue weighted by Gasteiger charge is 2.46. The van der Waals surface area contributed by atoms with Gasteiger partial charge in [-0.25, -0.2) is 5.26 Å². The molecule has 1 N–H and O–H groups in total. The summed E-state index contributed by atoms with van der Waals surface area (Å²) in [4.78, 5) is 17.8. The fraction of sp³-hybridized carbons (Fsp3) is 0.350. The molecule has 4 heteroatoms. The van der Waals surface area contributed by atoms with E-state index in [4.69, 9.17) is 9.62 Å². The maximum atomic E-state index is 12.8. The molecule has 2 aromatic rings. The van der Waals surface area contributed by atoms with Crippen molar-refractivity contribution in [2.45, 2.75) is 38.9 Å². The molecule has 1 atom stereocenters. The zero-order valence-electron chi connectivity index (χ0n) is 14.0. The monoisotopic (exact) mass is 326 g/mol. The summed E-state index contributed by atoms with van der Waals surface area (Å²) in [7, 11) is 0. The molecule has 1 aliphatic rings. The highest BCUT2D eigenvalue weighted by molar-refractivity contribution is 6.13. The van der Waals surface area contributed by atoms with Gasteiger partial charge in [-0.05, 0) is 19.4 Å². The predicted octanol–water partition coefficient (Wildman–Crippen LogP) is 4.44. The van der Waals surface area contributed by atoms with Crippen LogP contribution in [0.4, 0.5) is 0 Å². The number of unbranched alkanes of at least 4 members (excludes halogenated alkanes) is 2. The van der Waals surface area contributed by atoms with E-state index in [-0.39, 0.29) is 5.78 Å². The van der Waals surface area contributed by atoms with Crippen molar-refractivity contribution in [3.8, 4) is 0 Å². The third-order valence-electron chi connectivity index (χ3n) is 4.48. The van der Waals surface area contributed by atoms with Gasteiger partial charge in [0.2, 0.25) is 0 Å². The van der Waals surface area contributed by atoms with Crippen LogP contribution < -0.4 is 0 Å². The van der Waals surface area contributed by atoms with Crippen LogP contribution in [0.15, 0.2) is 42.5 Å². The number of aryl methyl sites for hydroxylation is 1. The van der Waals surface area contributed by atoms with Crippen LogP contribution in [0, 0.1) is 6.92 Å². The standard InChI is InChI=1S/C20H22O4/c1-3-4-7-12-23-20(24-22)17-9-6-5-8-15(17)19(21)16-13-14(2)10-11-18(16)20/h5-6,8-11,13,22H,3-4,7,12H2,1-2H3. The average Bonchev–Trinajstić information content (AvgIpc) is 2.61. The summed E-state index contributed by atoms with van der Waals surface area (Å²) >= 11 is 0. The summed E-state index contributed by atoms with van der Waals surface area (Å²) in [6.45, 7) is 4.48. The quantitative estimate of drug-likeness (QED) is 0.369. The first-order chi connectivity index (χ1) is 11.6. The Kier molecular flexibility index (Phi) is 4.81. The van der Waals surface area contributed by atoms with Gasteiger partial charge in [0.05, 0.1) is 6.61 Å². The zero-order valence-corrected chi connectivity index (χ0v) is 14.0. The summed E-state index contributed by atoms with van der Waals surface area (Å²) in [5.41, 5.74) is 3.08. The summed E-state index contributed by atoms with van der Waals surface area (Å²) in [5.74, 6) is -1.53. The summed E-state index contributed by atoms with van der Waals surface area (Å²) in [6.07, 6.45) is 2.96. The van der Waals surface area contributed by atoms with Gasteiger partial charge in [0.1, 0.15) is 0 Å². The lowest BCUT2D eigenvalue weighted by atomic mass is 9.80. The topological polar surface area (TPSA) is 55.8 Å². The molecule has 0 heterocycles. The van der Waals surface area contributed by atoms with Crippen LogP contribution in [0.3, 0.4) is 0 Å². The number of hydrogen-bond acceptors (Lipinski definition) is 4. The molecule has 0 aromatic heterocycles. The SMILES string of the molecule is CCCCCOC1(OO)c2ccccc2C(=O)c2cc(C)ccc21. The van der Waals surface area contributed by atoms with Crippen molar-refractivity contribution in [3.05, 3.63) is 70.3 Å². The number of hydrogen-bond donors (Lipinski definition) is 1. The normalized spacial score (nSPS) is 19.0. The Labute approximate surface area is 142 Å². The van der Waals surface area contributed by atoms with E-state index < -0.39 is 5.79 Å². The smallest absolute Gasteiger partial charge is 0.255 e. The minimum atomic E-state index is -1.46. The van der Waals surface area contributed by atoms with Crippen molar-refractivity contribution in [1.29, 1.82) is 0 Å². The van der Waals surface area contributed by atoms with Crippen molar-refractivity contribution in [2.75, 3.05) is 6.61 Å². The molecule has 0 saturated heterocycles. The average molecular weight is 326 g/mol. The number of carbonyl (C=O) groups is 1. The van der Waals surface area contributed by atoms with E-state index in [0.717, 1.165) is 24.8 Å². The Morgan fingerprint density at radius 3 is 2.54 bits per heavy atom. The molecular weight excluding hydrogens is 304 g/mol. The molecule has 0 fully saturated rings. The minimum absolute atomic E-state index is 0.0749. The number of benzene rings is 2. The van der Waals surface area contributed by atoms with Gasteiger partial charge < -0.3 is 4.74 Å². The van der Waals surface area contributed by atoms with E-state index in [1.807, 2.05) is 25.1 Å². The highest BCUT2D eigenvalue weighted by Crippen LogP contribution is 2.43. The molecule has 2 aromatic carbocycles. The summed E-state index contributed by atoms with van der Waals surface area (Å²) in [6, 6.07) is 12.6. The Morgan fingerprint density at radius 2 is 1.79 bits per heavy atom. The molecule has 0 saturated carbocycles. The third-order valence-corrected chi connectivity index (χ3v) is 4.48. The third kappa shape index (κ3) is 2.67. The van der Waals surface area contributed by atoms with Gasteiger partial charge in [0.15, 0.2) is 5.78 Å². The van der Waals surface area contributed by atoms with E-state index in [2.05, 4.69) is 6.92 Å². The number of rotatable bonds is 6. The lowest BCUT2D eigenvalue weighted by Gasteiger charge is -2.37. The van der Waals surface area contributed by atoms with Crippen molar-refractivity contribution in [3.63, 3.8) is 0 Å². The molecular formula is C20H22O4. The lowest BCUT2D eigenvalue weighted by molar-refractivity contribution is -0.396. The molecule has 3 rings (SSSR count). The van der Waals surface area contributed by atoms with Gasteiger partial charge in [-0.3, -0.25) is 4.79 Å². The van der Waals surface area contributed by atoms with Crippen molar-refractivity contribution in [2.24, 2.45) is 0 Å². The molecule has 1 unspecified atom stereocenters. The largest absolute Gasteiger partial charge is 0.340 e. The van der Waals surface area contributed by atoms with Crippen molar-refractivity contribution >= 4 is 5.78 Å². The second-order valence-electron chi connectivity index (χ2n) is 6.19. The molecule has 0 radical (unpaired) electrons. The number of fused-ring (bicyclic) bond motifs is 2. The van der Waals surface area contributed by atoms with Crippen LogP contribution in [0.1, 0.15) is 58.8 Å². The molecule has 0 aliphatic heterocycles. The molecule has 0 bridgehead atoms. The van der Waals surface area contributed by atoms with E-state index in [1.165, 1.54) is 0 Å². The number of ether oxygens (including phenoxy) is 1. The maximum Gasteiger partial charge on any atom is 0.255 e.